The average Bonchev–Trinajstić information content (AvgIpc) is 3.74. The molecule has 4 aliphatic carbocycles. The van der Waals surface area contributed by atoms with E-state index in [9.17, 15) is 0 Å². The first-order valence-electron chi connectivity index (χ1n) is 21.3. The summed E-state index contributed by atoms with van der Waals surface area (Å²) in [6.45, 7) is 43.2. The van der Waals surface area contributed by atoms with Crippen LogP contribution in [0.15, 0.2) is 24.3 Å². The Kier molecular flexibility index (Phi) is 9.26. The Bertz CT molecular complexity index is 1480. The highest BCUT2D eigenvalue weighted by molar-refractivity contribution is 6.70. The van der Waals surface area contributed by atoms with Crippen LogP contribution in [-0.4, -0.2) is 16.6 Å². The van der Waals surface area contributed by atoms with E-state index >= 15 is 0 Å². The second-order valence-corrected chi connectivity index (χ2v) is 32.9. The zero-order valence-electron chi connectivity index (χ0n) is 37.2. The van der Waals surface area contributed by atoms with Gasteiger partial charge < -0.3 is 8.85 Å². The Morgan fingerprint density at radius 1 is 0.404 bits per heavy atom. The summed E-state index contributed by atoms with van der Waals surface area (Å²) in [5.74, 6) is 2.39. The van der Waals surface area contributed by atoms with Gasteiger partial charge in [-0.2, -0.15) is 0 Å². The van der Waals surface area contributed by atoms with Crippen molar-refractivity contribution in [2.45, 2.75) is 219 Å². The molecule has 2 aromatic rings. The van der Waals surface area contributed by atoms with Crippen LogP contribution < -0.4 is 8.85 Å². The monoisotopic (exact) mass is 743 g/mol. The molecule has 4 heteroatoms. The Balaban J connectivity index is 1.74. The number of fused-ring (bicyclic) bond motifs is 5. The van der Waals surface area contributed by atoms with Gasteiger partial charge in [-0.15, -0.1) is 0 Å². The number of hydrogen-bond donors (Lipinski definition) is 0. The van der Waals surface area contributed by atoms with E-state index in [0.717, 1.165) is 0 Å². The van der Waals surface area contributed by atoms with Crippen LogP contribution in [0.3, 0.4) is 0 Å². The molecule has 0 atom stereocenters. The second kappa shape index (κ2) is 12.0. The Hall–Kier alpha value is -1.53. The number of benzene rings is 2. The molecule has 0 amide bonds. The molecule has 0 saturated heterocycles. The molecule has 4 aliphatic rings. The average molecular weight is 743 g/mol. The van der Waals surface area contributed by atoms with Crippen molar-refractivity contribution in [3.63, 3.8) is 0 Å². The standard InChI is InChI=1S/C48H78O2Si2/c1-41(2,3)35-29-33(30-36(42(4,5)6)39(35)49-51(13,14)15)47-45(25-21-19-22-26-45)48(47,46(47)27-23-20-24-28-46)34-31-37(43(7,8)9)40(50-52(16,17)18)38(32-34)44(10,11)12/h29-32H,19-28H2,1-18H3. The number of hydrogen-bond acceptors (Lipinski definition) is 2. The van der Waals surface area contributed by atoms with Gasteiger partial charge in [0.05, 0.1) is 0 Å². The van der Waals surface area contributed by atoms with Crippen LogP contribution in [0.25, 0.3) is 0 Å². The Labute approximate surface area is 323 Å². The molecule has 52 heavy (non-hydrogen) atoms. The minimum absolute atomic E-state index is 0.0256. The maximum Gasteiger partial charge on any atom is 0.242 e. The lowest BCUT2D eigenvalue weighted by atomic mass is 9.55. The van der Waals surface area contributed by atoms with Gasteiger partial charge in [0.15, 0.2) is 0 Å². The summed E-state index contributed by atoms with van der Waals surface area (Å²) in [7, 11) is -3.76. The molecule has 0 aliphatic heterocycles. The summed E-state index contributed by atoms with van der Waals surface area (Å²) >= 11 is 0. The fourth-order valence-electron chi connectivity index (χ4n) is 12.3. The third-order valence-corrected chi connectivity index (χ3v) is 15.4. The van der Waals surface area contributed by atoms with E-state index in [1.807, 2.05) is 0 Å². The molecule has 0 bridgehead atoms. The van der Waals surface area contributed by atoms with Gasteiger partial charge >= 0.3 is 0 Å². The zero-order valence-corrected chi connectivity index (χ0v) is 39.2. The van der Waals surface area contributed by atoms with Crippen molar-refractivity contribution >= 4 is 16.6 Å². The molecule has 4 saturated carbocycles. The van der Waals surface area contributed by atoms with Crippen LogP contribution in [0.5, 0.6) is 11.5 Å². The smallest absolute Gasteiger partial charge is 0.242 e. The molecule has 0 heterocycles. The fourth-order valence-corrected chi connectivity index (χ4v) is 14.0. The van der Waals surface area contributed by atoms with Crippen molar-refractivity contribution in [3.05, 3.63) is 57.6 Å². The Morgan fingerprint density at radius 2 is 0.635 bits per heavy atom. The summed E-state index contributed by atoms with van der Waals surface area (Å²) in [6, 6.07) is 10.9. The highest BCUT2D eigenvalue weighted by Gasteiger charge is 3.10. The lowest BCUT2D eigenvalue weighted by Gasteiger charge is -2.48. The summed E-state index contributed by atoms with van der Waals surface area (Å²) in [4.78, 5) is 0. The van der Waals surface area contributed by atoms with Crippen molar-refractivity contribution in [1.29, 1.82) is 0 Å². The molecule has 0 radical (unpaired) electrons. The predicted molar refractivity (Wildman–Crippen MR) is 230 cm³/mol. The minimum atomic E-state index is -1.88. The first-order valence-corrected chi connectivity index (χ1v) is 28.1. The van der Waals surface area contributed by atoms with Crippen molar-refractivity contribution in [3.8, 4) is 11.5 Å². The normalized spacial score (nSPS) is 26.0. The third kappa shape index (κ3) is 5.78. The van der Waals surface area contributed by atoms with Crippen LogP contribution in [0, 0.1) is 10.8 Å². The summed E-state index contributed by atoms with van der Waals surface area (Å²) < 4.78 is 14.4. The van der Waals surface area contributed by atoms with E-state index in [4.69, 9.17) is 8.85 Å². The van der Waals surface area contributed by atoms with Crippen LogP contribution >= 0.6 is 0 Å². The van der Waals surface area contributed by atoms with E-state index < -0.39 is 16.6 Å². The predicted octanol–water partition coefficient (Wildman–Crippen LogP) is 14.4. The molecule has 2 aromatic carbocycles. The summed E-state index contributed by atoms with van der Waals surface area (Å²) in [5, 5.41) is 0. The van der Waals surface area contributed by atoms with Gasteiger partial charge in [0.1, 0.15) is 11.5 Å². The maximum atomic E-state index is 7.19. The molecule has 0 aromatic heterocycles. The highest BCUT2D eigenvalue weighted by Crippen LogP contribution is 3.09. The van der Waals surface area contributed by atoms with Gasteiger partial charge in [0.2, 0.25) is 16.6 Å². The van der Waals surface area contributed by atoms with Crippen LogP contribution in [0.4, 0.5) is 0 Å². The molecule has 4 fully saturated rings. The van der Waals surface area contributed by atoms with Gasteiger partial charge in [-0.1, -0.05) is 146 Å². The molecular formula is C48H78O2Si2. The van der Waals surface area contributed by atoms with Crippen LogP contribution in [-0.2, 0) is 32.5 Å². The molecule has 6 rings (SSSR count). The van der Waals surface area contributed by atoms with E-state index in [0.29, 0.717) is 10.8 Å². The van der Waals surface area contributed by atoms with Gasteiger partial charge in [0.25, 0.3) is 0 Å². The third-order valence-electron chi connectivity index (χ3n) is 13.8. The first kappa shape index (κ1) is 40.1. The SMILES string of the molecule is CC(C)(C)c1cc(C23C4(CCCCC4)C2(c2cc(C(C)(C)C)c(O[Si](C)(C)C)c(C(C)(C)C)c2)C32CCCCC2)cc(C(C)(C)C)c1O[Si](C)(C)C. The highest BCUT2D eigenvalue weighted by atomic mass is 28.4. The molecule has 2 nitrogen and oxygen atoms in total. The Morgan fingerprint density at radius 3 is 0.827 bits per heavy atom. The molecular weight excluding hydrogens is 665 g/mol. The van der Waals surface area contributed by atoms with Crippen molar-refractivity contribution < 1.29 is 8.85 Å². The van der Waals surface area contributed by atoms with Crippen molar-refractivity contribution in [1.82, 2.24) is 0 Å². The maximum absolute atomic E-state index is 7.19. The molecule has 0 N–H and O–H groups in total. The van der Waals surface area contributed by atoms with Gasteiger partial charge in [-0.05, 0) is 131 Å². The van der Waals surface area contributed by atoms with E-state index in [1.54, 1.807) is 11.1 Å². The number of rotatable bonds is 6. The molecule has 0 unspecified atom stereocenters. The molecule has 2 spiro atoms. The van der Waals surface area contributed by atoms with Crippen molar-refractivity contribution in [2.75, 3.05) is 0 Å². The fraction of sp³-hybridized carbons (Fsp3) is 0.750. The van der Waals surface area contributed by atoms with E-state index in [2.05, 4.69) is 147 Å². The largest absolute Gasteiger partial charge is 0.544 e. The second-order valence-electron chi connectivity index (χ2n) is 24.0. The lowest BCUT2D eigenvalue weighted by Crippen LogP contribution is -2.42. The van der Waals surface area contributed by atoms with Crippen LogP contribution in [0.1, 0.15) is 181 Å². The summed E-state index contributed by atoms with van der Waals surface area (Å²) in [6.07, 6.45) is 13.7. The zero-order chi connectivity index (χ0) is 38.9. The van der Waals surface area contributed by atoms with E-state index in [1.165, 1.54) is 98.0 Å². The summed E-state index contributed by atoms with van der Waals surface area (Å²) in [5.41, 5.74) is 9.89. The first-order chi connectivity index (χ1) is 23.5. The minimum Gasteiger partial charge on any atom is -0.544 e. The van der Waals surface area contributed by atoms with E-state index in [-0.39, 0.29) is 32.5 Å². The van der Waals surface area contributed by atoms with Gasteiger partial charge in [-0.3, -0.25) is 0 Å². The van der Waals surface area contributed by atoms with Crippen molar-refractivity contribution in [2.24, 2.45) is 10.8 Å². The van der Waals surface area contributed by atoms with Gasteiger partial charge in [-0.25, -0.2) is 0 Å². The van der Waals surface area contributed by atoms with Gasteiger partial charge in [0, 0.05) is 10.8 Å². The quantitative estimate of drug-likeness (QED) is 0.274. The lowest BCUT2D eigenvalue weighted by molar-refractivity contribution is 0.0707. The molecule has 290 valence electrons. The topological polar surface area (TPSA) is 18.5 Å². The van der Waals surface area contributed by atoms with Crippen LogP contribution in [0.2, 0.25) is 39.3 Å².